The van der Waals surface area contributed by atoms with Gasteiger partial charge in [0.2, 0.25) is 0 Å². The maximum absolute atomic E-state index is 14.0. The van der Waals surface area contributed by atoms with Crippen LogP contribution in [-0.4, -0.2) is 42.5 Å². The summed E-state index contributed by atoms with van der Waals surface area (Å²) in [6.45, 7) is 8.74. The number of benzene rings is 2. The minimum Gasteiger partial charge on any atom is -0.497 e. The molecule has 9 nitrogen and oxygen atoms in total. The third-order valence-corrected chi connectivity index (χ3v) is 8.09. The van der Waals surface area contributed by atoms with Gasteiger partial charge in [0.05, 0.1) is 43.6 Å². The van der Waals surface area contributed by atoms with E-state index in [4.69, 9.17) is 18.9 Å². The fraction of sp³-hybridized carbons (Fsp3) is 0.281. The molecule has 1 aliphatic heterocycles. The summed E-state index contributed by atoms with van der Waals surface area (Å²) in [6.07, 6.45) is 3.37. The summed E-state index contributed by atoms with van der Waals surface area (Å²) in [5, 5.41) is 0. The predicted octanol–water partition coefficient (Wildman–Crippen LogP) is 4.23. The van der Waals surface area contributed by atoms with Gasteiger partial charge in [-0.2, -0.15) is 0 Å². The van der Waals surface area contributed by atoms with E-state index in [1.54, 1.807) is 23.8 Å². The van der Waals surface area contributed by atoms with E-state index >= 15 is 0 Å². The van der Waals surface area contributed by atoms with E-state index in [0.29, 0.717) is 39.6 Å². The molecule has 218 valence electrons. The predicted molar refractivity (Wildman–Crippen MR) is 162 cm³/mol. The van der Waals surface area contributed by atoms with Crippen molar-refractivity contribution >= 4 is 23.4 Å². The Morgan fingerprint density at radius 1 is 1.00 bits per heavy atom. The Bertz CT molecular complexity index is 1850. The number of hydrogen-bond donors (Lipinski definition) is 0. The molecule has 0 saturated heterocycles. The Hall–Kier alpha value is -4.57. The van der Waals surface area contributed by atoms with Gasteiger partial charge in [0.25, 0.3) is 5.56 Å². The Kier molecular flexibility index (Phi) is 8.35. The molecule has 3 heterocycles. The monoisotopic (exact) mass is 587 g/mol. The van der Waals surface area contributed by atoms with Crippen molar-refractivity contribution in [3.63, 3.8) is 0 Å². The highest BCUT2D eigenvalue weighted by molar-refractivity contribution is 7.07. The minimum absolute atomic E-state index is 0.251. The van der Waals surface area contributed by atoms with E-state index in [1.807, 2.05) is 64.1 Å². The second kappa shape index (κ2) is 12.1. The second-order valence-corrected chi connectivity index (χ2v) is 10.6. The third kappa shape index (κ3) is 5.25. The van der Waals surface area contributed by atoms with Gasteiger partial charge in [0.15, 0.2) is 16.3 Å². The van der Waals surface area contributed by atoms with Crippen molar-refractivity contribution in [1.82, 2.24) is 9.13 Å². The number of rotatable bonds is 9. The highest BCUT2D eigenvalue weighted by atomic mass is 32.1. The summed E-state index contributed by atoms with van der Waals surface area (Å²) in [4.78, 5) is 31.8. The van der Waals surface area contributed by atoms with E-state index in [0.717, 1.165) is 28.4 Å². The summed E-state index contributed by atoms with van der Waals surface area (Å²) < 4.78 is 26.1. The van der Waals surface area contributed by atoms with Crippen molar-refractivity contribution in [2.75, 3.05) is 27.4 Å². The Morgan fingerprint density at radius 2 is 1.71 bits per heavy atom. The van der Waals surface area contributed by atoms with Crippen LogP contribution in [0.5, 0.6) is 17.2 Å². The van der Waals surface area contributed by atoms with E-state index < -0.39 is 12.0 Å². The lowest BCUT2D eigenvalue weighted by Gasteiger charge is -2.23. The van der Waals surface area contributed by atoms with Crippen molar-refractivity contribution < 1.29 is 23.7 Å². The number of fused-ring (bicyclic) bond motifs is 1. The lowest BCUT2D eigenvalue weighted by atomic mass is 9.97. The largest absolute Gasteiger partial charge is 0.497 e. The number of hydrogen-bond acceptors (Lipinski definition) is 8. The molecule has 0 radical (unpaired) electrons. The first-order valence-electron chi connectivity index (χ1n) is 13.6. The molecule has 42 heavy (non-hydrogen) atoms. The molecule has 0 fully saturated rings. The molecular formula is C32H33N3O6S. The van der Waals surface area contributed by atoms with E-state index in [9.17, 15) is 9.59 Å². The van der Waals surface area contributed by atoms with Crippen LogP contribution in [0.2, 0.25) is 0 Å². The fourth-order valence-electron chi connectivity index (χ4n) is 5.19. The lowest BCUT2D eigenvalue weighted by molar-refractivity contribution is -0.136. The van der Waals surface area contributed by atoms with Crippen LogP contribution >= 0.6 is 11.3 Å². The molecule has 0 spiro atoms. The van der Waals surface area contributed by atoms with Crippen molar-refractivity contribution in [3.05, 3.63) is 103 Å². The topological polar surface area (TPSA) is 93.3 Å². The quantitative estimate of drug-likeness (QED) is 0.272. The molecule has 0 aliphatic carbocycles. The van der Waals surface area contributed by atoms with Crippen LogP contribution in [-0.2, 0) is 9.53 Å². The Labute approximate surface area is 247 Å². The zero-order chi connectivity index (χ0) is 30.0. The molecule has 1 aliphatic rings. The highest BCUT2D eigenvalue weighted by Crippen LogP contribution is 2.35. The van der Waals surface area contributed by atoms with Crippen LogP contribution in [0.3, 0.4) is 0 Å². The molecule has 2 aromatic heterocycles. The summed E-state index contributed by atoms with van der Waals surface area (Å²) in [5.74, 6) is 1.34. The summed E-state index contributed by atoms with van der Waals surface area (Å²) in [6, 6.07) is 14.6. The highest BCUT2D eigenvalue weighted by Gasteiger charge is 2.31. The van der Waals surface area contributed by atoms with Crippen LogP contribution in [0.4, 0.5) is 0 Å². The molecule has 4 aromatic rings. The molecule has 2 aromatic carbocycles. The van der Waals surface area contributed by atoms with Gasteiger partial charge in [0, 0.05) is 23.3 Å². The molecule has 5 rings (SSSR count). The Balaban J connectivity index is 1.64. The summed E-state index contributed by atoms with van der Waals surface area (Å²) in [7, 11) is 2.95. The lowest BCUT2D eigenvalue weighted by Crippen LogP contribution is -2.39. The maximum Gasteiger partial charge on any atom is 0.337 e. The molecular weight excluding hydrogens is 554 g/mol. The van der Waals surface area contributed by atoms with E-state index in [-0.39, 0.29) is 11.1 Å². The first-order chi connectivity index (χ1) is 20.3. The molecule has 0 unspecified atom stereocenters. The number of nitrogens with zero attached hydrogens (tertiary/aromatic N) is 3. The summed E-state index contributed by atoms with van der Waals surface area (Å²) in [5.41, 5.74) is 4.61. The normalized spacial score (nSPS) is 14.6. The van der Waals surface area contributed by atoms with Gasteiger partial charge in [-0.25, -0.2) is 9.79 Å². The fourth-order valence-corrected chi connectivity index (χ4v) is 6.15. The molecule has 0 amide bonds. The van der Waals surface area contributed by atoms with Crippen LogP contribution in [0.25, 0.3) is 11.8 Å². The van der Waals surface area contributed by atoms with Gasteiger partial charge >= 0.3 is 5.97 Å². The Morgan fingerprint density at radius 3 is 2.38 bits per heavy atom. The zero-order valence-electron chi connectivity index (χ0n) is 24.5. The molecule has 0 bridgehead atoms. The molecule has 10 heteroatoms. The number of carbonyl (C=O) groups excluding carboxylic acids is 1. The average molecular weight is 588 g/mol. The first-order valence-corrected chi connectivity index (χ1v) is 14.4. The van der Waals surface area contributed by atoms with Gasteiger partial charge in [-0.05, 0) is 87.4 Å². The van der Waals surface area contributed by atoms with Crippen LogP contribution < -0.4 is 29.1 Å². The number of thiazole rings is 1. The minimum atomic E-state index is -0.752. The van der Waals surface area contributed by atoms with Gasteiger partial charge in [-0.3, -0.25) is 9.36 Å². The average Bonchev–Trinajstić information content (AvgIpc) is 3.47. The number of esters is 1. The van der Waals surface area contributed by atoms with Crippen LogP contribution in [0.15, 0.2) is 70.1 Å². The van der Waals surface area contributed by atoms with Gasteiger partial charge in [-0.15, -0.1) is 0 Å². The maximum atomic E-state index is 14.0. The number of ether oxygens (including phenoxy) is 4. The number of methoxy groups -OCH3 is 2. The van der Waals surface area contributed by atoms with E-state index in [1.165, 1.54) is 24.6 Å². The van der Waals surface area contributed by atoms with Gasteiger partial charge in [0.1, 0.15) is 5.75 Å². The van der Waals surface area contributed by atoms with Crippen LogP contribution in [0, 0.1) is 13.8 Å². The standard InChI is InChI=1S/C32H33N3O6S/c1-7-40-26-14-9-21(16-27(26)41-8-2)29-25(31(37)39-6)18-33-32-35(29)30(36)28(42-32)17-22-15-19(3)34(20(22)4)23-10-12-24(38-5)13-11-23/h9-18,29H,7-8H2,1-6H3/b28-17-/t29-/m1/s1. The van der Waals surface area contributed by atoms with E-state index in [2.05, 4.69) is 15.6 Å². The summed E-state index contributed by atoms with van der Waals surface area (Å²) >= 11 is 1.28. The number of aryl methyl sites for hydroxylation is 1. The number of aromatic nitrogens is 2. The second-order valence-electron chi connectivity index (χ2n) is 9.61. The van der Waals surface area contributed by atoms with Crippen molar-refractivity contribution in [2.45, 2.75) is 33.7 Å². The van der Waals surface area contributed by atoms with Gasteiger partial charge in [-0.1, -0.05) is 17.4 Å². The first kappa shape index (κ1) is 28.9. The van der Waals surface area contributed by atoms with Crippen molar-refractivity contribution in [2.24, 2.45) is 4.99 Å². The van der Waals surface area contributed by atoms with Crippen molar-refractivity contribution in [3.8, 4) is 22.9 Å². The smallest absolute Gasteiger partial charge is 0.337 e. The zero-order valence-corrected chi connectivity index (χ0v) is 25.3. The van der Waals surface area contributed by atoms with Gasteiger partial charge < -0.3 is 23.5 Å². The molecule has 0 N–H and O–H groups in total. The number of carbonyl (C=O) groups is 1. The molecule has 0 saturated carbocycles. The van der Waals surface area contributed by atoms with Crippen molar-refractivity contribution in [1.29, 1.82) is 0 Å². The SMILES string of the molecule is CCOc1ccc([C@@H]2C(C(=O)OC)=CN=c3s/c(=C\c4cc(C)n(-c5ccc(OC)cc5)c4C)c(=O)n32)cc1OCC. The molecule has 1 atom stereocenters. The van der Waals surface area contributed by atoms with Crippen LogP contribution in [0.1, 0.15) is 42.4 Å². The third-order valence-electron chi connectivity index (χ3n) is 7.10.